The van der Waals surface area contributed by atoms with Crippen LogP contribution in [0, 0.1) is 5.41 Å². The molecule has 4 rings (SSSR count). The molecule has 4 amide bonds. The van der Waals surface area contributed by atoms with Crippen molar-refractivity contribution in [3.63, 3.8) is 0 Å². The van der Waals surface area contributed by atoms with E-state index in [0.29, 0.717) is 12.8 Å². The molecular weight excluding hydrogens is 286 g/mol. The fourth-order valence-corrected chi connectivity index (χ4v) is 3.29. The SMILES string of the molecule is Nc1cccc2c1C(=O)N(C1CC3(CC3)C(=O)NC1=O)C2=O. The molecule has 0 aromatic heterocycles. The van der Waals surface area contributed by atoms with Crippen molar-refractivity contribution < 1.29 is 19.2 Å². The second kappa shape index (κ2) is 3.94. The zero-order valence-electron chi connectivity index (χ0n) is 11.6. The molecule has 3 aliphatic rings. The molecule has 7 heteroatoms. The van der Waals surface area contributed by atoms with Crippen molar-refractivity contribution >= 4 is 29.3 Å². The number of fused-ring (bicyclic) bond motifs is 1. The number of nitrogens with one attached hydrogen (secondary N) is 1. The number of benzene rings is 1. The molecule has 1 saturated heterocycles. The van der Waals surface area contributed by atoms with Gasteiger partial charge in [-0.25, -0.2) is 0 Å². The Morgan fingerprint density at radius 3 is 2.50 bits per heavy atom. The number of rotatable bonds is 1. The van der Waals surface area contributed by atoms with Crippen LogP contribution in [0.2, 0.25) is 0 Å². The first-order valence-corrected chi connectivity index (χ1v) is 7.06. The van der Waals surface area contributed by atoms with Gasteiger partial charge in [0.2, 0.25) is 11.8 Å². The number of nitrogens with two attached hydrogens (primary N) is 1. The van der Waals surface area contributed by atoms with Gasteiger partial charge in [0, 0.05) is 5.69 Å². The molecule has 22 heavy (non-hydrogen) atoms. The van der Waals surface area contributed by atoms with Crippen molar-refractivity contribution in [1.82, 2.24) is 10.2 Å². The quantitative estimate of drug-likeness (QED) is 0.563. The number of carbonyl (C=O) groups excluding carboxylic acids is 4. The van der Waals surface area contributed by atoms with E-state index in [9.17, 15) is 19.2 Å². The van der Waals surface area contributed by atoms with Gasteiger partial charge < -0.3 is 5.73 Å². The topological polar surface area (TPSA) is 110 Å². The highest BCUT2D eigenvalue weighted by Crippen LogP contribution is 2.52. The summed E-state index contributed by atoms with van der Waals surface area (Å²) in [5.41, 5.74) is 5.75. The summed E-state index contributed by atoms with van der Waals surface area (Å²) in [5, 5.41) is 2.29. The first kappa shape index (κ1) is 13.0. The number of anilines is 1. The van der Waals surface area contributed by atoms with E-state index in [2.05, 4.69) is 5.32 Å². The lowest BCUT2D eigenvalue weighted by Crippen LogP contribution is -2.58. The molecule has 1 aromatic rings. The van der Waals surface area contributed by atoms with Crippen LogP contribution in [0.4, 0.5) is 5.69 Å². The van der Waals surface area contributed by atoms with E-state index in [4.69, 9.17) is 5.73 Å². The van der Waals surface area contributed by atoms with Crippen LogP contribution in [0.3, 0.4) is 0 Å². The highest BCUT2D eigenvalue weighted by molar-refractivity contribution is 6.25. The van der Waals surface area contributed by atoms with E-state index in [1.165, 1.54) is 6.07 Å². The third kappa shape index (κ3) is 1.50. The molecule has 7 nitrogen and oxygen atoms in total. The minimum atomic E-state index is -0.952. The predicted octanol–water partition coefficient (Wildman–Crippen LogP) is 0.0601. The second-order valence-electron chi connectivity index (χ2n) is 6.07. The Balaban J connectivity index is 1.74. The molecule has 1 saturated carbocycles. The van der Waals surface area contributed by atoms with Crippen molar-refractivity contribution in [3.8, 4) is 0 Å². The molecule has 1 atom stereocenters. The van der Waals surface area contributed by atoms with Crippen LogP contribution in [0.1, 0.15) is 40.0 Å². The van der Waals surface area contributed by atoms with Gasteiger partial charge >= 0.3 is 0 Å². The second-order valence-corrected chi connectivity index (χ2v) is 6.07. The molecule has 0 bridgehead atoms. The number of hydrogen-bond donors (Lipinski definition) is 2. The number of amides is 4. The van der Waals surface area contributed by atoms with Crippen LogP contribution in [-0.4, -0.2) is 34.6 Å². The summed E-state index contributed by atoms with van der Waals surface area (Å²) < 4.78 is 0. The average molecular weight is 299 g/mol. The van der Waals surface area contributed by atoms with Gasteiger partial charge in [0.05, 0.1) is 16.5 Å². The summed E-state index contributed by atoms with van der Waals surface area (Å²) >= 11 is 0. The Hall–Kier alpha value is -2.70. The Morgan fingerprint density at radius 2 is 1.86 bits per heavy atom. The molecule has 2 aliphatic heterocycles. The van der Waals surface area contributed by atoms with Crippen molar-refractivity contribution in [3.05, 3.63) is 29.3 Å². The van der Waals surface area contributed by atoms with Crippen LogP contribution in [0.25, 0.3) is 0 Å². The maximum atomic E-state index is 12.5. The summed E-state index contributed by atoms with van der Waals surface area (Å²) in [6, 6.07) is 3.70. The number of piperidine rings is 1. The standard InChI is InChI=1S/C15H13N3O4/c16-8-3-1-2-7-10(8)13(21)18(12(7)20)9-6-15(4-5-15)14(22)17-11(9)19/h1-3,9H,4-6,16H2,(H,17,19,22). The fraction of sp³-hybridized carbons (Fsp3) is 0.333. The lowest BCUT2D eigenvalue weighted by Gasteiger charge is -2.32. The summed E-state index contributed by atoms with van der Waals surface area (Å²) in [4.78, 5) is 50.0. The van der Waals surface area contributed by atoms with E-state index in [-0.39, 0.29) is 29.1 Å². The van der Waals surface area contributed by atoms with Gasteiger partial charge in [-0.3, -0.25) is 29.4 Å². The third-order valence-corrected chi connectivity index (χ3v) is 4.75. The van der Waals surface area contributed by atoms with Crippen molar-refractivity contribution in [2.75, 3.05) is 5.73 Å². The van der Waals surface area contributed by atoms with Gasteiger partial charge in [0.1, 0.15) is 6.04 Å². The van der Waals surface area contributed by atoms with Crippen LogP contribution in [-0.2, 0) is 9.59 Å². The molecule has 1 aliphatic carbocycles. The van der Waals surface area contributed by atoms with Crippen LogP contribution in [0.15, 0.2) is 18.2 Å². The molecule has 1 aromatic carbocycles. The van der Waals surface area contributed by atoms with Crippen molar-refractivity contribution in [2.24, 2.45) is 5.41 Å². The lowest BCUT2D eigenvalue weighted by molar-refractivity contribution is -0.141. The molecule has 1 unspecified atom stereocenters. The monoisotopic (exact) mass is 299 g/mol. The summed E-state index contributed by atoms with van der Waals surface area (Å²) in [7, 11) is 0. The molecule has 1 spiro atoms. The highest BCUT2D eigenvalue weighted by atomic mass is 16.2. The Labute approximate surface area is 125 Å². The minimum absolute atomic E-state index is 0.141. The number of imide groups is 2. The predicted molar refractivity (Wildman–Crippen MR) is 74.6 cm³/mol. The van der Waals surface area contributed by atoms with E-state index < -0.39 is 29.2 Å². The smallest absolute Gasteiger partial charge is 0.264 e. The van der Waals surface area contributed by atoms with Gasteiger partial charge in [0.25, 0.3) is 11.8 Å². The first-order chi connectivity index (χ1) is 10.4. The van der Waals surface area contributed by atoms with Gasteiger partial charge in [-0.2, -0.15) is 0 Å². The van der Waals surface area contributed by atoms with Crippen molar-refractivity contribution in [2.45, 2.75) is 25.3 Å². The summed E-state index contributed by atoms with van der Waals surface area (Å²) in [5.74, 6) is -2.00. The molecule has 0 radical (unpaired) electrons. The summed E-state index contributed by atoms with van der Waals surface area (Å²) in [6.07, 6.45) is 1.55. The normalized spacial score (nSPS) is 25.5. The van der Waals surface area contributed by atoms with E-state index in [1.807, 2.05) is 0 Å². The number of hydrogen-bond acceptors (Lipinski definition) is 5. The van der Waals surface area contributed by atoms with E-state index in [1.54, 1.807) is 12.1 Å². The largest absolute Gasteiger partial charge is 0.398 e. The molecule has 2 heterocycles. The fourth-order valence-electron chi connectivity index (χ4n) is 3.29. The van der Waals surface area contributed by atoms with Gasteiger partial charge in [0.15, 0.2) is 0 Å². The zero-order valence-corrected chi connectivity index (χ0v) is 11.6. The number of nitrogen functional groups attached to an aromatic ring is 1. The van der Waals surface area contributed by atoms with Crippen LogP contribution < -0.4 is 11.1 Å². The van der Waals surface area contributed by atoms with Gasteiger partial charge in [-0.1, -0.05) is 6.07 Å². The Kier molecular flexibility index (Phi) is 2.33. The molecular formula is C15H13N3O4. The maximum absolute atomic E-state index is 12.5. The van der Waals surface area contributed by atoms with E-state index in [0.717, 1.165) is 4.90 Å². The van der Waals surface area contributed by atoms with Crippen LogP contribution >= 0.6 is 0 Å². The lowest BCUT2D eigenvalue weighted by atomic mass is 9.90. The molecule has 2 fully saturated rings. The Morgan fingerprint density at radius 1 is 1.14 bits per heavy atom. The third-order valence-electron chi connectivity index (χ3n) is 4.75. The van der Waals surface area contributed by atoms with Gasteiger partial charge in [-0.15, -0.1) is 0 Å². The minimum Gasteiger partial charge on any atom is -0.398 e. The highest BCUT2D eigenvalue weighted by Gasteiger charge is 2.58. The van der Waals surface area contributed by atoms with E-state index >= 15 is 0 Å². The number of carbonyl (C=O) groups is 4. The van der Waals surface area contributed by atoms with Crippen LogP contribution in [0.5, 0.6) is 0 Å². The average Bonchev–Trinajstić information content (AvgIpc) is 3.20. The molecule has 112 valence electrons. The van der Waals surface area contributed by atoms with Crippen molar-refractivity contribution in [1.29, 1.82) is 0 Å². The number of nitrogens with zero attached hydrogens (tertiary/aromatic N) is 1. The Bertz CT molecular complexity index is 766. The van der Waals surface area contributed by atoms with Gasteiger partial charge in [-0.05, 0) is 31.4 Å². The maximum Gasteiger partial charge on any atom is 0.264 e. The first-order valence-electron chi connectivity index (χ1n) is 7.06. The summed E-state index contributed by atoms with van der Waals surface area (Å²) in [6.45, 7) is 0. The molecule has 3 N–H and O–H groups in total. The zero-order chi connectivity index (χ0) is 15.6.